The fourth-order valence-corrected chi connectivity index (χ4v) is 7.72. The summed E-state index contributed by atoms with van der Waals surface area (Å²) in [5, 5.41) is 0. The maximum atomic E-state index is 13.1. The molecule has 0 atom stereocenters. The van der Waals surface area contributed by atoms with E-state index in [0.717, 1.165) is 11.4 Å². The summed E-state index contributed by atoms with van der Waals surface area (Å²) in [5.41, 5.74) is 1.54. The van der Waals surface area contributed by atoms with Crippen molar-refractivity contribution in [3.8, 4) is 0 Å². The summed E-state index contributed by atoms with van der Waals surface area (Å²) in [4.78, 5) is 3.83. The van der Waals surface area contributed by atoms with Crippen molar-refractivity contribution >= 4 is 39.7 Å². The Labute approximate surface area is 221 Å². The van der Waals surface area contributed by atoms with E-state index in [2.05, 4.69) is 0 Å². The third-order valence-electron chi connectivity index (χ3n) is 6.26. The van der Waals surface area contributed by atoms with Crippen molar-refractivity contribution in [2.75, 3.05) is 74.0 Å². The molecule has 0 N–H and O–H groups in total. The van der Waals surface area contributed by atoms with E-state index in [0.29, 0.717) is 26.2 Å². The highest BCUT2D eigenvalue weighted by molar-refractivity contribution is 7.89. The van der Waals surface area contributed by atoms with Gasteiger partial charge in [0.1, 0.15) is 11.6 Å². The summed E-state index contributed by atoms with van der Waals surface area (Å²) >= 11 is 0. The number of hydrogen-bond acceptors (Lipinski definition) is 9. The van der Waals surface area contributed by atoms with Gasteiger partial charge in [-0.15, -0.1) is 9.05 Å². The van der Waals surface area contributed by atoms with Crippen molar-refractivity contribution in [2.45, 2.75) is 0 Å². The molecule has 0 aromatic heterocycles. The maximum absolute atomic E-state index is 13.1. The van der Waals surface area contributed by atoms with Crippen LogP contribution in [0, 0.1) is 11.6 Å². The molecule has 2 aromatic carbocycles. The lowest BCUT2D eigenvalue weighted by Crippen LogP contribution is -2.49. The highest BCUT2D eigenvalue weighted by Gasteiger charge is 2.35. The first-order valence-electron chi connectivity index (χ1n) is 11.7. The molecule has 4 rings (SSSR count). The highest BCUT2D eigenvalue weighted by Crippen LogP contribution is 2.27. The first-order valence-corrected chi connectivity index (χ1v) is 16.0. The van der Waals surface area contributed by atoms with Gasteiger partial charge < -0.3 is 9.80 Å². The smallest absolute Gasteiger partial charge is 0.369 e. The summed E-state index contributed by atoms with van der Waals surface area (Å²) in [6.07, 6.45) is 0. The molecule has 0 saturated carbocycles. The standard InChI is InChI=1S/C22H28F2N4O7PS2/c23-19-1-5-21(6-2-19)25-9-13-27(14-10-25)37(30,31)17-34-36(29)35-18-38(32,33)28-15-11-26(12-16-28)22-7-3-20(24)4-8-22/h1-8H,9-18H2/q+1. The molecule has 2 fully saturated rings. The Morgan fingerprint density at radius 2 is 0.921 bits per heavy atom. The van der Waals surface area contributed by atoms with Crippen molar-refractivity contribution in [3.63, 3.8) is 0 Å². The fraction of sp³-hybridized carbons (Fsp3) is 0.455. The average Bonchev–Trinajstić information content (AvgIpc) is 2.92. The number of nitrogens with zero attached hydrogens (tertiary/aromatic N) is 4. The number of piperazine rings is 2. The van der Waals surface area contributed by atoms with Crippen LogP contribution in [0.1, 0.15) is 0 Å². The predicted octanol–water partition coefficient (Wildman–Crippen LogP) is 2.17. The van der Waals surface area contributed by atoms with Crippen LogP contribution in [-0.4, -0.2) is 89.7 Å². The van der Waals surface area contributed by atoms with Gasteiger partial charge in [-0.2, -0.15) is 8.61 Å². The largest absolute Gasteiger partial charge is 0.699 e. The van der Waals surface area contributed by atoms with Gasteiger partial charge in [0.05, 0.1) is 0 Å². The Balaban J connectivity index is 1.19. The van der Waals surface area contributed by atoms with Crippen LogP contribution in [-0.2, 0) is 33.7 Å². The molecule has 0 spiro atoms. The Morgan fingerprint density at radius 1 is 0.605 bits per heavy atom. The van der Waals surface area contributed by atoms with Crippen LogP contribution in [0.5, 0.6) is 0 Å². The Bertz CT molecular complexity index is 1210. The van der Waals surface area contributed by atoms with Crippen molar-refractivity contribution < 1.29 is 39.2 Å². The third kappa shape index (κ3) is 7.44. The van der Waals surface area contributed by atoms with Gasteiger partial charge in [0.2, 0.25) is 31.9 Å². The predicted molar refractivity (Wildman–Crippen MR) is 138 cm³/mol. The van der Waals surface area contributed by atoms with Crippen molar-refractivity contribution in [3.05, 3.63) is 60.2 Å². The summed E-state index contributed by atoms with van der Waals surface area (Å²) in [7, 11) is -10.9. The average molecular weight is 594 g/mol. The molecule has 2 aliphatic rings. The molecular weight excluding hydrogens is 565 g/mol. The van der Waals surface area contributed by atoms with Gasteiger partial charge in [-0.05, 0) is 48.5 Å². The fourth-order valence-electron chi connectivity index (χ4n) is 4.16. The van der Waals surface area contributed by atoms with Crippen LogP contribution in [0.2, 0.25) is 0 Å². The molecule has 2 heterocycles. The molecule has 208 valence electrons. The quantitative estimate of drug-likeness (QED) is 0.382. The van der Waals surface area contributed by atoms with E-state index in [1.807, 2.05) is 9.80 Å². The number of rotatable bonds is 10. The normalized spacial score (nSPS) is 18.1. The van der Waals surface area contributed by atoms with Crippen molar-refractivity contribution in [1.82, 2.24) is 8.61 Å². The van der Waals surface area contributed by atoms with E-state index in [4.69, 9.17) is 9.05 Å². The molecule has 0 amide bonds. The molecule has 0 radical (unpaired) electrons. The number of hydrogen-bond donors (Lipinski definition) is 0. The molecule has 0 unspecified atom stereocenters. The molecule has 11 nitrogen and oxygen atoms in total. The third-order valence-corrected chi connectivity index (χ3v) is 10.4. The van der Waals surface area contributed by atoms with Crippen LogP contribution in [0.25, 0.3) is 0 Å². The summed E-state index contributed by atoms with van der Waals surface area (Å²) in [6.45, 7) is 2.11. The van der Waals surface area contributed by atoms with Crippen LogP contribution in [0.15, 0.2) is 48.5 Å². The zero-order chi connectivity index (χ0) is 27.3. The second-order valence-electron chi connectivity index (χ2n) is 8.67. The molecule has 16 heteroatoms. The van der Waals surface area contributed by atoms with Gasteiger partial charge in [0.15, 0.2) is 0 Å². The molecule has 0 aliphatic carbocycles. The van der Waals surface area contributed by atoms with E-state index in [9.17, 15) is 30.2 Å². The van der Waals surface area contributed by atoms with Gasteiger partial charge in [-0.3, -0.25) is 0 Å². The molecular formula is C22H28F2N4O7PS2+. The Morgan fingerprint density at radius 3 is 1.24 bits per heavy atom. The Kier molecular flexibility index (Phi) is 9.29. The monoisotopic (exact) mass is 593 g/mol. The lowest BCUT2D eigenvalue weighted by Gasteiger charge is -2.35. The summed E-state index contributed by atoms with van der Waals surface area (Å²) < 4.78 is 101. The molecule has 2 aromatic rings. The zero-order valence-electron chi connectivity index (χ0n) is 20.4. The van der Waals surface area contributed by atoms with Crippen molar-refractivity contribution in [1.29, 1.82) is 0 Å². The van der Waals surface area contributed by atoms with Gasteiger partial charge in [-0.1, -0.05) is 0 Å². The second kappa shape index (κ2) is 12.3. The Hall–Kier alpha value is -2.26. The summed E-state index contributed by atoms with van der Waals surface area (Å²) in [6, 6.07) is 11.8. The summed E-state index contributed by atoms with van der Waals surface area (Å²) in [5.74, 6) is -2.56. The van der Waals surface area contributed by atoms with Gasteiger partial charge in [0, 0.05) is 68.3 Å². The van der Waals surface area contributed by atoms with E-state index in [-0.39, 0.29) is 37.8 Å². The lowest BCUT2D eigenvalue weighted by molar-refractivity contribution is 0.262. The van der Waals surface area contributed by atoms with Gasteiger partial charge >= 0.3 is 8.25 Å². The van der Waals surface area contributed by atoms with Crippen LogP contribution >= 0.6 is 8.25 Å². The molecule has 2 saturated heterocycles. The topological polar surface area (TPSA) is 117 Å². The minimum atomic E-state index is -3.93. The van der Waals surface area contributed by atoms with E-state index in [1.165, 1.54) is 32.9 Å². The minimum absolute atomic E-state index is 0.152. The highest BCUT2D eigenvalue weighted by atomic mass is 32.2. The second-order valence-corrected chi connectivity index (χ2v) is 13.5. The lowest BCUT2D eigenvalue weighted by atomic mass is 10.2. The molecule has 2 aliphatic heterocycles. The zero-order valence-corrected chi connectivity index (χ0v) is 22.9. The van der Waals surface area contributed by atoms with Crippen LogP contribution < -0.4 is 9.80 Å². The SMILES string of the molecule is O=[P+](OCS(=O)(=O)N1CCN(c2ccc(F)cc2)CC1)OCS(=O)(=O)N1CCN(c2ccc(F)cc2)CC1. The number of sulfonamides is 2. The van der Waals surface area contributed by atoms with Gasteiger partial charge in [-0.25, -0.2) is 25.6 Å². The number of halogens is 2. The first-order chi connectivity index (χ1) is 18.0. The van der Waals surface area contributed by atoms with E-state index >= 15 is 0 Å². The minimum Gasteiger partial charge on any atom is -0.369 e. The van der Waals surface area contributed by atoms with Crippen molar-refractivity contribution in [2.24, 2.45) is 0 Å². The molecule has 38 heavy (non-hydrogen) atoms. The number of anilines is 2. The van der Waals surface area contributed by atoms with Gasteiger partial charge in [0.25, 0.3) is 0 Å². The maximum Gasteiger partial charge on any atom is 0.699 e. The van der Waals surface area contributed by atoms with Crippen LogP contribution in [0.4, 0.5) is 20.2 Å². The molecule has 0 bridgehead atoms. The first kappa shape index (κ1) is 28.7. The van der Waals surface area contributed by atoms with E-state index in [1.54, 1.807) is 24.3 Å². The van der Waals surface area contributed by atoms with Crippen LogP contribution in [0.3, 0.4) is 0 Å². The van der Waals surface area contributed by atoms with E-state index < -0.39 is 40.2 Å². The number of benzene rings is 2.